The van der Waals surface area contributed by atoms with Crippen LogP contribution in [0.5, 0.6) is 0 Å². The number of nitrogens with zero attached hydrogens (tertiary/aromatic N) is 4. The van der Waals surface area contributed by atoms with E-state index in [2.05, 4.69) is 22.0 Å². The molecule has 1 amide bonds. The molecule has 0 spiro atoms. The van der Waals surface area contributed by atoms with Crippen molar-refractivity contribution in [3.05, 3.63) is 30.1 Å². The maximum atomic E-state index is 13.0. The molecule has 3 aliphatic rings. The first kappa shape index (κ1) is 16.5. The summed E-state index contributed by atoms with van der Waals surface area (Å²) >= 11 is 0. The van der Waals surface area contributed by atoms with Crippen LogP contribution in [-0.4, -0.2) is 59.1 Å². The number of carbonyl (C=O) groups excluding carboxylic acids is 1. The summed E-state index contributed by atoms with van der Waals surface area (Å²) < 4.78 is 5.95. The molecule has 1 aromatic rings. The lowest BCUT2D eigenvalue weighted by molar-refractivity contribution is -0.138. The molecule has 1 aromatic heterocycles. The van der Waals surface area contributed by atoms with Crippen molar-refractivity contribution in [1.82, 2.24) is 14.8 Å². The highest BCUT2D eigenvalue weighted by Crippen LogP contribution is 2.40. The summed E-state index contributed by atoms with van der Waals surface area (Å²) in [5.74, 6) is 0.0202. The second kappa shape index (κ2) is 6.74. The first-order chi connectivity index (χ1) is 12.2. The van der Waals surface area contributed by atoms with Crippen LogP contribution in [0.4, 0.5) is 0 Å². The van der Waals surface area contributed by atoms with E-state index < -0.39 is 5.41 Å². The third-order valence-corrected chi connectivity index (χ3v) is 5.89. The highest BCUT2D eigenvalue weighted by atomic mass is 16.5. The molecule has 2 saturated heterocycles. The maximum absolute atomic E-state index is 13.0. The van der Waals surface area contributed by atoms with Gasteiger partial charge in [-0.15, -0.1) is 0 Å². The molecular weight excluding hydrogens is 316 g/mol. The van der Waals surface area contributed by atoms with Gasteiger partial charge >= 0.3 is 0 Å². The molecular formula is C19H24N4O2. The average molecular weight is 340 g/mol. The van der Waals surface area contributed by atoms with Gasteiger partial charge in [-0.3, -0.25) is 14.7 Å². The Hall–Kier alpha value is -1.97. The molecule has 0 bridgehead atoms. The SMILES string of the molecule is N#CC1(C(=O)N2C[C@@H]3OCCN(Cc4cccnc4)[C@@H]3C2)CCCC1. The van der Waals surface area contributed by atoms with Gasteiger partial charge in [0.05, 0.1) is 24.8 Å². The number of pyridine rings is 1. The van der Waals surface area contributed by atoms with Crippen LogP contribution in [0.2, 0.25) is 0 Å². The van der Waals surface area contributed by atoms with Gasteiger partial charge in [-0.2, -0.15) is 5.26 Å². The molecule has 0 unspecified atom stereocenters. The van der Waals surface area contributed by atoms with Gasteiger partial charge in [0, 0.05) is 38.6 Å². The van der Waals surface area contributed by atoms with Crippen LogP contribution in [0.15, 0.2) is 24.5 Å². The van der Waals surface area contributed by atoms with Crippen molar-refractivity contribution >= 4 is 5.91 Å². The summed E-state index contributed by atoms with van der Waals surface area (Å²) in [6.45, 7) is 3.64. The Morgan fingerprint density at radius 1 is 1.40 bits per heavy atom. The maximum Gasteiger partial charge on any atom is 0.243 e. The van der Waals surface area contributed by atoms with Crippen LogP contribution in [-0.2, 0) is 16.1 Å². The standard InChI is InChI=1S/C19H24N4O2/c20-14-19(5-1-2-6-19)18(24)23-12-16-17(13-23)25-9-8-22(16)11-15-4-3-7-21-10-15/h3-4,7,10,16-17H,1-2,5-6,8-9,11-13H2/t16-,17+/m1/s1. The second-order valence-electron chi connectivity index (χ2n) is 7.42. The molecule has 2 atom stereocenters. The Bertz CT molecular complexity index is 666. The summed E-state index contributed by atoms with van der Waals surface area (Å²) in [6.07, 6.45) is 7.08. The van der Waals surface area contributed by atoms with Gasteiger partial charge in [0.25, 0.3) is 0 Å². The van der Waals surface area contributed by atoms with E-state index in [9.17, 15) is 10.1 Å². The number of amides is 1. The van der Waals surface area contributed by atoms with Crippen LogP contribution in [0.3, 0.4) is 0 Å². The Morgan fingerprint density at radius 3 is 2.96 bits per heavy atom. The largest absolute Gasteiger partial charge is 0.373 e. The fraction of sp³-hybridized carbons (Fsp3) is 0.632. The fourth-order valence-electron chi connectivity index (χ4n) is 4.50. The number of carbonyl (C=O) groups is 1. The summed E-state index contributed by atoms with van der Waals surface area (Å²) in [5.41, 5.74) is 0.388. The number of hydrogen-bond donors (Lipinski definition) is 0. The number of morpholine rings is 1. The normalized spacial score (nSPS) is 28.5. The molecule has 132 valence electrons. The fourth-order valence-corrected chi connectivity index (χ4v) is 4.50. The third kappa shape index (κ3) is 3.03. The van der Waals surface area contributed by atoms with E-state index in [1.165, 1.54) is 5.56 Å². The van der Waals surface area contributed by atoms with E-state index in [-0.39, 0.29) is 18.1 Å². The lowest BCUT2D eigenvalue weighted by atomic mass is 9.86. The van der Waals surface area contributed by atoms with Crippen LogP contribution in [0.1, 0.15) is 31.2 Å². The molecule has 0 N–H and O–H groups in total. The molecule has 6 nitrogen and oxygen atoms in total. The summed E-state index contributed by atoms with van der Waals surface area (Å²) in [4.78, 5) is 21.5. The van der Waals surface area contributed by atoms with E-state index in [4.69, 9.17) is 4.74 Å². The number of ether oxygens (including phenoxy) is 1. The zero-order valence-corrected chi connectivity index (χ0v) is 14.4. The van der Waals surface area contributed by atoms with Gasteiger partial charge < -0.3 is 9.64 Å². The van der Waals surface area contributed by atoms with Gasteiger partial charge in [0.1, 0.15) is 5.41 Å². The van der Waals surface area contributed by atoms with Gasteiger partial charge in [-0.25, -0.2) is 0 Å². The zero-order chi connectivity index (χ0) is 17.3. The molecule has 3 fully saturated rings. The Balaban J connectivity index is 1.47. The molecule has 6 heteroatoms. The molecule has 3 heterocycles. The Kier molecular flexibility index (Phi) is 4.45. The summed E-state index contributed by atoms with van der Waals surface area (Å²) in [5, 5.41) is 9.61. The molecule has 1 aliphatic carbocycles. The van der Waals surface area contributed by atoms with Crippen molar-refractivity contribution in [2.45, 2.75) is 44.4 Å². The lowest BCUT2D eigenvalue weighted by Crippen LogP contribution is -2.50. The summed E-state index contributed by atoms with van der Waals surface area (Å²) in [6, 6.07) is 6.57. The van der Waals surface area contributed by atoms with E-state index in [0.717, 1.165) is 25.9 Å². The van der Waals surface area contributed by atoms with Crippen molar-refractivity contribution < 1.29 is 9.53 Å². The molecule has 25 heavy (non-hydrogen) atoms. The van der Waals surface area contributed by atoms with E-state index >= 15 is 0 Å². The van der Waals surface area contributed by atoms with Gasteiger partial charge in [-0.1, -0.05) is 18.9 Å². The van der Waals surface area contributed by atoms with E-state index in [1.54, 1.807) is 6.20 Å². The molecule has 2 aliphatic heterocycles. The Labute approximate surface area is 148 Å². The van der Waals surface area contributed by atoms with Gasteiger partial charge in [-0.05, 0) is 24.5 Å². The first-order valence-electron chi connectivity index (χ1n) is 9.17. The molecule has 1 saturated carbocycles. The van der Waals surface area contributed by atoms with Crippen molar-refractivity contribution in [3.8, 4) is 6.07 Å². The minimum Gasteiger partial charge on any atom is -0.373 e. The van der Waals surface area contributed by atoms with Crippen LogP contribution in [0.25, 0.3) is 0 Å². The number of aromatic nitrogens is 1. The number of likely N-dealkylation sites (tertiary alicyclic amines) is 1. The monoisotopic (exact) mass is 340 g/mol. The lowest BCUT2D eigenvalue weighted by Gasteiger charge is -2.36. The van der Waals surface area contributed by atoms with E-state index in [1.807, 2.05) is 17.2 Å². The quantitative estimate of drug-likeness (QED) is 0.835. The second-order valence-corrected chi connectivity index (χ2v) is 7.42. The topological polar surface area (TPSA) is 69.5 Å². The number of fused-ring (bicyclic) bond motifs is 1. The van der Waals surface area contributed by atoms with Crippen molar-refractivity contribution in [2.24, 2.45) is 5.41 Å². The predicted octanol–water partition coefficient (Wildman–Crippen LogP) is 1.58. The average Bonchev–Trinajstić information content (AvgIpc) is 3.30. The minimum atomic E-state index is -0.790. The molecule has 0 radical (unpaired) electrons. The van der Waals surface area contributed by atoms with Gasteiger partial charge in [0.15, 0.2) is 0 Å². The zero-order valence-electron chi connectivity index (χ0n) is 14.4. The van der Waals surface area contributed by atoms with Crippen molar-refractivity contribution in [1.29, 1.82) is 5.26 Å². The Morgan fingerprint density at radius 2 is 2.24 bits per heavy atom. The number of nitriles is 1. The minimum absolute atomic E-state index is 0.0202. The van der Waals surface area contributed by atoms with Crippen LogP contribution >= 0.6 is 0 Å². The highest BCUT2D eigenvalue weighted by molar-refractivity contribution is 5.86. The van der Waals surface area contributed by atoms with Crippen LogP contribution in [0, 0.1) is 16.7 Å². The summed E-state index contributed by atoms with van der Waals surface area (Å²) in [7, 11) is 0. The van der Waals surface area contributed by atoms with Crippen molar-refractivity contribution in [2.75, 3.05) is 26.2 Å². The number of rotatable bonds is 3. The smallest absolute Gasteiger partial charge is 0.243 e. The highest BCUT2D eigenvalue weighted by Gasteiger charge is 2.49. The van der Waals surface area contributed by atoms with Crippen LogP contribution < -0.4 is 0 Å². The number of hydrogen-bond acceptors (Lipinski definition) is 5. The first-order valence-corrected chi connectivity index (χ1v) is 9.17. The van der Waals surface area contributed by atoms with Crippen molar-refractivity contribution in [3.63, 3.8) is 0 Å². The van der Waals surface area contributed by atoms with E-state index in [0.29, 0.717) is 32.5 Å². The predicted molar refractivity (Wildman–Crippen MR) is 91.3 cm³/mol. The molecule has 4 rings (SSSR count). The molecule has 0 aromatic carbocycles. The van der Waals surface area contributed by atoms with Gasteiger partial charge in [0.2, 0.25) is 5.91 Å². The third-order valence-electron chi connectivity index (χ3n) is 5.89.